The zero-order valence-corrected chi connectivity index (χ0v) is 7.07. The summed E-state index contributed by atoms with van der Waals surface area (Å²) in [5, 5.41) is 10.2. The summed E-state index contributed by atoms with van der Waals surface area (Å²) in [6, 6.07) is 4.64. The molecule has 12 heavy (non-hydrogen) atoms. The van der Waals surface area contributed by atoms with Crippen LogP contribution >= 0.6 is 11.8 Å². The van der Waals surface area contributed by atoms with Gasteiger partial charge in [0, 0.05) is 0 Å². The van der Waals surface area contributed by atoms with Crippen molar-refractivity contribution in [2.45, 2.75) is 4.90 Å². The standard InChI is InChI=1S/C9H6FNS/c1-2-7-4-3-5-8(10)9(7)12-6-11/h2-5H,1H2. The molecule has 3 heteroatoms. The summed E-state index contributed by atoms with van der Waals surface area (Å²) in [7, 11) is 0. The van der Waals surface area contributed by atoms with Gasteiger partial charge in [-0.3, -0.25) is 0 Å². The summed E-state index contributed by atoms with van der Waals surface area (Å²) in [4.78, 5) is 0.343. The molecule has 1 rings (SSSR count). The highest BCUT2D eigenvalue weighted by Crippen LogP contribution is 2.25. The quantitative estimate of drug-likeness (QED) is 0.514. The number of rotatable bonds is 2. The molecule has 0 saturated heterocycles. The average Bonchev–Trinajstić information content (AvgIpc) is 2.09. The minimum atomic E-state index is -0.376. The Balaban J connectivity index is 3.21. The molecule has 0 amide bonds. The summed E-state index contributed by atoms with van der Waals surface area (Å²) < 4.78 is 13.0. The molecular weight excluding hydrogens is 173 g/mol. The van der Waals surface area contributed by atoms with E-state index in [2.05, 4.69) is 6.58 Å². The first-order chi connectivity index (χ1) is 5.79. The SMILES string of the molecule is C=Cc1cccc(F)c1SC#N. The molecule has 0 radical (unpaired) electrons. The Bertz CT molecular complexity index is 341. The van der Waals surface area contributed by atoms with Gasteiger partial charge in [0.15, 0.2) is 0 Å². The molecule has 0 spiro atoms. The van der Waals surface area contributed by atoms with E-state index in [1.165, 1.54) is 12.1 Å². The average molecular weight is 179 g/mol. The Morgan fingerprint density at radius 2 is 2.33 bits per heavy atom. The third kappa shape index (κ3) is 1.66. The van der Waals surface area contributed by atoms with Crippen molar-refractivity contribution in [1.82, 2.24) is 0 Å². The van der Waals surface area contributed by atoms with Crippen LogP contribution < -0.4 is 0 Å². The Labute approximate surface area is 74.5 Å². The van der Waals surface area contributed by atoms with Crippen molar-refractivity contribution in [3.8, 4) is 5.40 Å². The van der Waals surface area contributed by atoms with E-state index in [9.17, 15) is 4.39 Å². The molecule has 0 atom stereocenters. The van der Waals surface area contributed by atoms with Gasteiger partial charge in [0.05, 0.1) is 4.90 Å². The second-order valence-corrected chi connectivity index (χ2v) is 2.85. The lowest BCUT2D eigenvalue weighted by Gasteiger charge is -2.00. The fourth-order valence-electron chi connectivity index (χ4n) is 0.840. The Hall–Kier alpha value is -1.27. The molecule has 1 aromatic rings. The molecule has 0 unspecified atom stereocenters. The maximum atomic E-state index is 13.0. The third-order valence-corrected chi connectivity index (χ3v) is 2.09. The number of hydrogen-bond acceptors (Lipinski definition) is 2. The first-order valence-electron chi connectivity index (χ1n) is 3.26. The summed E-state index contributed by atoms with van der Waals surface area (Å²) in [5.41, 5.74) is 0.654. The second kappa shape index (κ2) is 3.93. The highest BCUT2D eigenvalue weighted by atomic mass is 32.2. The van der Waals surface area contributed by atoms with E-state index < -0.39 is 0 Å². The van der Waals surface area contributed by atoms with E-state index in [1.807, 2.05) is 5.40 Å². The lowest BCUT2D eigenvalue weighted by Crippen LogP contribution is -1.83. The van der Waals surface area contributed by atoms with Gasteiger partial charge < -0.3 is 0 Å². The molecule has 1 nitrogen and oxygen atoms in total. The van der Waals surface area contributed by atoms with E-state index in [0.717, 1.165) is 11.8 Å². The smallest absolute Gasteiger partial charge is 0.138 e. The van der Waals surface area contributed by atoms with Crippen molar-refractivity contribution in [1.29, 1.82) is 5.26 Å². The van der Waals surface area contributed by atoms with E-state index in [4.69, 9.17) is 5.26 Å². The van der Waals surface area contributed by atoms with Gasteiger partial charge in [0.1, 0.15) is 11.2 Å². The van der Waals surface area contributed by atoms with Crippen LogP contribution in [0.25, 0.3) is 6.08 Å². The molecule has 0 aromatic heterocycles. The van der Waals surface area contributed by atoms with Gasteiger partial charge in [-0.25, -0.2) is 4.39 Å². The number of nitrogens with zero attached hydrogens (tertiary/aromatic N) is 1. The van der Waals surface area contributed by atoms with E-state index in [0.29, 0.717) is 10.5 Å². The highest BCUT2D eigenvalue weighted by molar-refractivity contribution is 8.03. The molecule has 0 aliphatic carbocycles. The molecule has 0 aliphatic heterocycles. The third-order valence-electron chi connectivity index (χ3n) is 1.37. The zero-order chi connectivity index (χ0) is 8.97. The molecule has 60 valence electrons. The molecule has 0 heterocycles. The predicted molar refractivity (Wildman–Crippen MR) is 48.0 cm³/mol. The second-order valence-electron chi connectivity index (χ2n) is 2.06. The van der Waals surface area contributed by atoms with Crippen LogP contribution in [0, 0.1) is 16.5 Å². The zero-order valence-electron chi connectivity index (χ0n) is 6.25. The molecule has 1 aromatic carbocycles. The molecule has 0 fully saturated rings. The van der Waals surface area contributed by atoms with Crippen LogP contribution in [0.5, 0.6) is 0 Å². The van der Waals surface area contributed by atoms with Gasteiger partial charge in [-0.05, 0) is 23.4 Å². The Morgan fingerprint density at radius 1 is 1.58 bits per heavy atom. The number of hydrogen-bond donors (Lipinski definition) is 0. The van der Waals surface area contributed by atoms with Gasteiger partial charge in [-0.2, -0.15) is 5.26 Å². The van der Waals surface area contributed by atoms with Crippen LogP contribution in [0.2, 0.25) is 0 Å². The van der Waals surface area contributed by atoms with Crippen molar-refractivity contribution in [3.63, 3.8) is 0 Å². The van der Waals surface area contributed by atoms with E-state index >= 15 is 0 Å². The molecule has 0 saturated carbocycles. The molecule has 0 aliphatic rings. The predicted octanol–water partition coefficient (Wildman–Crippen LogP) is 3.04. The van der Waals surface area contributed by atoms with Crippen LogP contribution in [0.15, 0.2) is 29.7 Å². The number of benzene rings is 1. The Morgan fingerprint density at radius 3 is 2.92 bits per heavy atom. The van der Waals surface area contributed by atoms with Crippen molar-refractivity contribution >= 4 is 17.8 Å². The summed E-state index contributed by atoms with van der Waals surface area (Å²) >= 11 is 0.812. The number of thiocyanates is 1. The normalized spacial score (nSPS) is 9.00. The van der Waals surface area contributed by atoms with Gasteiger partial charge in [0.2, 0.25) is 0 Å². The van der Waals surface area contributed by atoms with Crippen molar-refractivity contribution in [2.75, 3.05) is 0 Å². The largest absolute Gasteiger partial charge is 0.206 e. The first kappa shape index (κ1) is 8.82. The summed E-state index contributed by atoms with van der Waals surface area (Å²) in [6.45, 7) is 3.53. The van der Waals surface area contributed by atoms with Crippen molar-refractivity contribution < 1.29 is 4.39 Å². The molecular formula is C9H6FNS. The minimum absolute atomic E-state index is 0.343. The van der Waals surface area contributed by atoms with Gasteiger partial charge in [-0.15, -0.1) is 0 Å². The fourth-order valence-corrected chi connectivity index (χ4v) is 1.37. The van der Waals surface area contributed by atoms with Crippen molar-refractivity contribution in [2.24, 2.45) is 0 Å². The Kier molecular flexibility index (Phi) is 2.89. The van der Waals surface area contributed by atoms with Gasteiger partial charge in [0.25, 0.3) is 0 Å². The molecule has 0 N–H and O–H groups in total. The topological polar surface area (TPSA) is 23.8 Å². The highest BCUT2D eigenvalue weighted by Gasteiger charge is 2.05. The van der Waals surface area contributed by atoms with Crippen LogP contribution in [0.4, 0.5) is 4.39 Å². The van der Waals surface area contributed by atoms with Crippen LogP contribution in [-0.4, -0.2) is 0 Å². The van der Waals surface area contributed by atoms with Gasteiger partial charge >= 0.3 is 0 Å². The van der Waals surface area contributed by atoms with Crippen LogP contribution in [0.1, 0.15) is 5.56 Å². The monoisotopic (exact) mass is 179 g/mol. The number of halogens is 1. The summed E-state index contributed by atoms with van der Waals surface area (Å²) in [6.07, 6.45) is 1.53. The lowest BCUT2D eigenvalue weighted by molar-refractivity contribution is 0.601. The maximum absolute atomic E-state index is 13.0. The first-order valence-corrected chi connectivity index (χ1v) is 4.08. The number of thioether (sulfide) groups is 1. The fraction of sp³-hybridized carbons (Fsp3) is 0. The van der Waals surface area contributed by atoms with Gasteiger partial charge in [-0.1, -0.05) is 24.8 Å². The van der Waals surface area contributed by atoms with E-state index in [-0.39, 0.29) is 5.82 Å². The van der Waals surface area contributed by atoms with Crippen molar-refractivity contribution in [3.05, 3.63) is 36.2 Å². The van der Waals surface area contributed by atoms with Crippen LogP contribution in [0.3, 0.4) is 0 Å². The summed E-state index contributed by atoms with van der Waals surface area (Å²) in [5.74, 6) is -0.376. The lowest BCUT2D eigenvalue weighted by atomic mass is 10.2. The minimum Gasteiger partial charge on any atom is -0.206 e. The maximum Gasteiger partial charge on any atom is 0.138 e. The van der Waals surface area contributed by atoms with Crippen LogP contribution in [-0.2, 0) is 0 Å². The molecule has 0 bridgehead atoms. The van der Waals surface area contributed by atoms with E-state index in [1.54, 1.807) is 12.1 Å². The number of nitriles is 1.